The van der Waals surface area contributed by atoms with Gasteiger partial charge in [-0.05, 0) is 49.8 Å². The molecule has 1 heterocycles. The lowest BCUT2D eigenvalue weighted by molar-refractivity contribution is 0.191. The molecule has 2 aliphatic rings. The van der Waals surface area contributed by atoms with Crippen LogP contribution < -0.4 is 5.32 Å². The molecule has 1 heteroatoms. The van der Waals surface area contributed by atoms with E-state index in [1.807, 2.05) is 0 Å². The summed E-state index contributed by atoms with van der Waals surface area (Å²) < 4.78 is 0. The number of aryl methyl sites for hydroxylation is 1. The predicted octanol–water partition coefficient (Wildman–Crippen LogP) is 2.32. The maximum atomic E-state index is 3.50. The molecule has 1 aromatic rings. The number of nitrogens with one attached hydrogen (secondary N) is 1. The maximum Gasteiger partial charge on any atom is -0.00114 e. The van der Waals surface area contributed by atoms with Gasteiger partial charge in [0.05, 0.1) is 0 Å². The molecule has 0 bridgehead atoms. The first-order chi connectivity index (χ1) is 6.84. The van der Waals surface area contributed by atoms with Crippen LogP contribution >= 0.6 is 0 Å². The van der Waals surface area contributed by atoms with E-state index in [-0.39, 0.29) is 0 Å². The van der Waals surface area contributed by atoms with Crippen molar-refractivity contribution in [2.75, 3.05) is 13.1 Å². The van der Waals surface area contributed by atoms with E-state index in [0.29, 0.717) is 0 Å². The lowest BCUT2D eigenvalue weighted by atomic mass is 9.64. The predicted molar refractivity (Wildman–Crippen MR) is 58.4 cm³/mol. The minimum atomic E-state index is 0.843. The summed E-state index contributed by atoms with van der Waals surface area (Å²) >= 11 is 0. The molecule has 0 unspecified atom stereocenters. The molecule has 1 saturated heterocycles. The van der Waals surface area contributed by atoms with Crippen LogP contribution in [0, 0.1) is 18.8 Å². The summed E-state index contributed by atoms with van der Waals surface area (Å²) in [4.78, 5) is 0. The number of hydrogen-bond donors (Lipinski definition) is 1. The van der Waals surface area contributed by atoms with Crippen LogP contribution in [0.1, 0.15) is 23.5 Å². The average Bonchev–Trinajstić information content (AvgIpc) is 2.52. The Balaban J connectivity index is 1.80. The summed E-state index contributed by atoms with van der Waals surface area (Å²) in [5.74, 6) is 2.75. The quantitative estimate of drug-likeness (QED) is 0.711. The van der Waals surface area contributed by atoms with E-state index < -0.39 is 0 Å². The van der Waals surface area contributed by atoms with Gasteiger partial charge in [0.1, 0.15) is 0 Å². The maximum absolute atomic E-state index is 3.50. The number of hydrogen-bond acceptors (Lipinski definition) is 1. The van der Waals surface area contributed by atoms with Crippen molar-refractivity contribution in [2.24, 2.45) is 11.8 Å². The van der Waals surface area contributed by atoms with E-state index in [1.54, 1.807) is 5.56 Å². The normalized spacial score (nSPS) is 35.1. The fourth-order valence-corrected chi connectivity index (χ4v) is 2.98. The zero-order valence-electron chi connectivity index (χ0n) is 8.66. The molecule has 0 aromatic heterocycles. The first-order valence-electron chi connectivity index (χ1n) is 5.62. The lowest BCUT2D eigenvalue weighted by Crippen LogP contribution is -2.33. The zero-order chi connectivity index (χ0) is 9.54. The zero-order valence-corrected chi connectivity index (χ0v) is 8.66. The van der Waals surface area contributed by atoms with Gasteiger partial charge in [0.2, 0.25) is 0 Å². The van der Waals surface area contributed by atoms with E-state index in [4.69, 9.17) is 0 Å². The second-order valence-electron chi connectivity index (χ2n) is 4.84. The van der Waals surface area contributed by atoms with Crippen LogP contribution in [0.25, 0.3) is 0 Å². The highest BCUT2D eigenvalue weighted by Gasteiger charge is 2.44. The minimum Gasteiger partial charge on any atom is -0.316 e. The van der Waals surface area contributed by atoms with Gasteiger partial charge in [-0.1, -0.05) is 29.8 Å². The summed E-state index contributed by atoms with van der Waals surface area (Å²) in [5, 5.41) is 3.50. The molecule has 1 aliphatic heterocycles. The Morgan fingerprint density at radius 3 is 2.64 bits per heavy atom. The SMILES string of the molecule is Cc1ccc([C@@H]2C[C@@H]3CNC[C@@H]32)cc1. The molecule has 0 radical (unpaired) electrons. The van der Waals surface area contributed by atoms with Crippen molar-refractivity contribution in [3.8, 4) is 0 Å². The largest absolute Gasteiger partial charge is 0.316 e. The Bertz CT molecular complexity index is 328. The molecule has 1 aromatic carbocycles. The monoisotopic (exact) mass is 187 g/mol. The van der Waals surface area contributed by atoms with Gasteiger partial charge < -0.3 is 5.32 Å². The molecule has 1 saturated carbocycles. The molecule has 1 aliphatic carbocycles. The highest BCUT2D eigenvalue weighted by molar-refractivity contribution is 5.28. The molecular formula is C13H17N. The molecule has 3 atom stereocenters. The number of rotatable bonds is 1. The fraction of sp³-hybridized carbons (Fsp3) is 0.538. The Hall–Kier alpha value is -0.820. The van der Waals surface area contributed by atoms with Crippen LogP contribution in [0.5, 0.6) is 0 Å². The highest BCUT2D eigenvalue weighted by atomic mass is 14.9. The van der Waals surface area contributed by atoms with Crippen LogP contribution in [-0.4, -0.2) is 13.1 Å². The van der Waals surface area contributed by atoms with Gasteiger partial charge >= 0.3 is 0 Å². The standard InChI is InChI=1S/C13H17N/c1-9-2-4-10(5-3-9)12-6-11-7-14-8-13(11)12/h2-5,11-14H,6-8H2,1H3/t11-,12+,13+/m1/s1. The van der Waals surface area contributed by atoms with Crippen LogP contribution in [-0.2, 0) is 0 Å². The van der Waals surface area contributed by atoms with Crippen molar-refractivity contribution in [1.82, 2.24) is 5.32 Å². The molecule has 74 valence electrons. The number of fused-ring (bicyclic) bond motifs is 1. The van der Waals surface area contributed by atoms with Crippen molar-refractivity contribution >= 4 is 0 Å². The summed E-state index contributed by atoms with van der Waals surface area (Å²) in [6.45, 7) is 4.65. The summed E-state index contributed by atoms with van der Waals surface area (Å²) in [5.41, 5.74) is 2.93. The first kappa shape index (κ1) is 8.49. The topological polar surface area (TPSA) is 12.0 Å². The molecule has 0 spiro atoms. The van der Waals surface area contributed by atoms with Gasteiger partial charge in [0.15, 0.2) is 0 Å². The number of benzene rings is 1. The van der Waals surface area contributed by atoms with Gasteiger partial charge in [-0.25, -0.2) is 0 Å². The molecule has 1 N–H and O–H groups in total. The minimum absolute atomic E-state index is 0.843. The van der Waals surface area contributed by atoms with E-state index in [2.05, 4.69) is 36.5 Å². The van der Waals surface area contributed by atoms with E-state index >= 15 is 0 Å². The lowest BCUT2D eigenvalue weighted by Gasteiger charge is -2.40. The van der Waals surface area contributed by atoms with Gasteiger partial charge in [-0.3, -0.25) is 0 Å². The second-order valence-corrected chi connectivity index (χ2v) is 4.84. The van der Waals surface area contributed by atoms with Crippen molar-refractivity contribution in [1.29, 1.82) is 0 Å². The van der Waals surface area contributed by atoms with Gasteiger partial charge in [-0.15, -0.1) is 0 Å². The van der Waals surface area contributed by atoms with Crippen molar-refractivity contribution in [3.63, 3.8) is 0 Å². The Morgan fingerprint density at radius 2 is 1.93 bits per heavy atom. The Labute approximate surface area is 85.5 Å². The van der Waals surface area contributed by atoms with Crippen molar-refractivity contribution in [3.05, 3.63) is 35.4 Å². The van der Waals surface area contributed by atoms with Gasteiger partial charge in [0.25, 0.3) is 0 Å². The Kier molecular flexibility index (Phi) is 1.88. The molecule has 14 heavy (non-hydrogen) atoms. The van der Waals surface area contributed by atoms with Crippen LogP contribution in [0.4, 0.5) is 0 Å². The van der Waals surface area contributed by atoms with Gasteiger partial charge in [0, 0.05) is 0 Å². The summed E-state index contributed by atoms with van der Waals surface area (Å²) in [7, 11) is 0. The van der Waals surface area contributed by atoms with Crippen LogP contribution in [0.15, 0.2) is 24.3 Å². The average molecular weight is 187 g/mol. The molecule has 1 nitrogen and oxygen atoms in total. The van der Waals surface area contributed by atoms with Crippen LogP contribution in [0.3, 0.4) is 0 Å². The third kappa shape index (κ3) is 1.19. The van der Waals surface area contributed by atoms with E-state index in [9.17, 15) is 0 Å². The van der Waals surface area contributed by atoms with Crippen molar-refractivity contribution < 1.29 is 0 Å². The second kappa shape index (κ2) is 3.09. The smallest absolute Gasteiger partial charge is 0.00114 e. The summed E-state index contributed by atoms with van der Waals surface area (Å²) in [6.07, 6.45) is 1.40. The van der Waals surface area contributed by atoms with Crippen LogP contribution in [0.2, 0.25) is 0 Å². The van der Waals surface area contributed by atoms with Gasteiger partial charge in [-0.2, -0.15) is 0 Å². The third-order valence-corrected chi connectivity index (χ3v) is 3.97. The first-order valence-corrected chi connectivity index (χ1v) is 5.62. The third-order valence-electron chi connectivity index (χ3n) is 3.97. The fourth-order valence-electron chi connectivity index (χ4n) is 2.98. The highest BCUT2D eigenvalue weighted by Crippen LogP contribution is 2.48. The van der Waals surface area contributed by atoms with E-state index in [1.165, 1.54) is 25.1 Å². The molecule has 0 amide bonds. The van der Waals surface area contributed by atoms with Crippen molar-refractivity contribution in [2.45, 2.75) is 19.3 Å². The Morgan fingerprint density at radius 1 is 1.14 bits per heavy atom. The molecule has 3 rings (SSSR count). The van der Waals surface area contributed by atoms with E-state index in [0.717, 1.165) is 17.8 Å². The summed E-state index contributed by atoms with van der Waals surface area (Å²) in [6, 6.07) is 9.11. The molecular weight excluding hydrogens is 170 g/mol. The molecule has 2 fully saturated rings.